The fraction of sp³-hybridized carbons (Fsp3) is 0.900. The summed E-state index contributed by atoms with van der Waals surface area (Å²) in [5, 5.41) is 2.80. The van der Waals surface area contributed by atoms with Crippen molar-refractivity contribution in [3.63, 3.8) is 0 Å². The van der Waals surface area contributed by atoms with Crippen molar-refractivity contribution >= 4 is 6.09 Å². The topological polar surface area (TPSA) is 38.3 Å². The first kappa shape index (κ1) is 7.65. The molecule has 0 aromatic carbocycles. The quantitative estimate of drug-likeness (QED) is 0.617. The van der Waals surface area contributed by atoms with Gasteiger partial charge >= 0.3 is 6.09 Å². The molecule has 1 heterocycles. The maximum Gasteiger partial charge on any atom is 0.407 e. The van der Waals surface area contributed by atoms with E-state index in [0.717, 1.165) is 18.9 Å². The highest BCUT2D eigenvalue weighted by Gasteiger charge is 2.53. The molecule has 1 N–H and O–H groups in total. The molecule has 1 unspecified atom stereocenters. The molecule has 3 saturated carbocycles. The van der Waals surface area contributed by atoms with Gasteiger partial charge in [-0.05, 0) is 38.0 Å². The summed E-state index contributed by atoms with van der Waals surface area (Å²) in [5.41, 5.74) is -0.0990. The molecule has 2 bridgehead atoms. The predicted octanol–water partition coefficient (Wildman–Crippen LogP) is 1.68. The summed E-state index contributed by atoms with van der Waals surface area (Å²) in [4.78, 5) is 11.1. The Balaban J connectivity index is 1.87. The Kier molecular flexibility index (Phi) is 1.41. The third-order valence-electron chi connectivity index (χ3n) is 4.05. The predicted molar refractivity (Wildman–Crippen MR) is 47.3 cm³/mol. The lowest BCUT2D eigenvalue weighted by atomic mass is 9.62. The van der Waals surface area contributed by atoms with Gasteiger partial charge in [0.1, 0.15) is 5.60 Å². The SMILES string of the molecule is O=C1NCC2(CC3CCC2CC3)O1. The molecular formula is C10H15NO2. The largest absolute Gasteiger partial charge is 0.441 e. The number of alkyl carbamates (subject to hydrolysis) is 1. The second kappa shape index (κ2) is 2.40. The minimum absolute atomic E-state index is 0.0990. The van der Waals surface area contributed by atoms with E-state index in [1.165, 1.54) is 25.7 Å². The van der Waals surface area contributed by atoms with Gasteiger partial charge in [0, 0.05) is 5.92 Å². The van der Waals surface area contributed by atoms with Crippen LogP contribution in [-0.2, 0) is 4.74 Å². The van der Waals surface area contributed by atoms with Gasteiger partial charge in [-0.3, -0.25) is 0 Å². The number of hydrogen-bond donors (Lipinski definition) is 1. The highest BCUT2D eigenvalue weighted by molar-refractivity contribution is 5.70. The van der Waals surface area contributed by atoms with Crippen LogP contribution >= 0.6 is 0 Å². The summed E-state index contributed by atoms with van der Waals surface area (Å²) in [5.74, 6) is 1.45. The molecule has 1 spiro atoms. The fourth-order valence-electron chi connectivity index (χ4n) is 3.37. The highest BCUT2D eigenvalue weighted by atomic mass is 16.6. The number of amides is 1. The van der Waals surface area contributed by atoms with Crippen LogP contribution in [0.4, 0.5) is 4.79 Å². The number of nitrogens with one attached hydrogen (secondary N) is 1. The van der Waals surface area contributed by atoms with Crippen LogP contribution in [-0.4, -0.2) is 18.2 Å². The highest BCUT2D eigenvalue weighted by Crippen LogP contribution is 2.50. The van der Waals surface area contributed by atoms with E-state index in [9.17, 15) is 4.79 Å². The molecule has 1 atom stereocenters. The summed E-state index contributed by atoms with van der Waals surface area (Å²) in [7, 11) is 0. The zero-order chi connectivity index (χ0) is 8.89. The van der Waals surface area contributed by atoms with E-state index in [4.69, 9.17) is 4.74 Å². The number of fused-ring (bicyclic) bond motifs is 2. The number of hydrogen-bond acceptors (Lipinski definition) is 2. The Morgan fingerprint density at radius 2 is 2.08 bits per heavy atom. The summed E-state index contributed by atoms with van der Waals surface area (Å²) in [6, 6.07) is 0. The second-order valence-corrected chi connectivity index (χ2v) is 4.73. The number of carbonyl (C=O) groups excluding carboxylic acids is 1. The molecule has 3 aliphatic carbocycles. The molecule has 3 heteroatoms. The van der Waals surface area contributed by atoms with Gasteiger partial charge in [-0.2, -0.15) is 0 Å². The van der Waals surface area contributed by atoms with Crippen molar-refractivity contribution in [1.82, 2.24) is 5.32 Å². The van der Waals surface area contributed by atoms with E-state index in [0.29, 0.717) is 5.92 Å². The van der Waals surface area contributed by atoms with Gasteiger partial charge in [0.25, 0.3) is 0 Å². The maximum absolute atomic E-state index is 11.1. The summed E-state index contributed by atoms with van der Waals surface area (Å²) >= 11 is 0. The van der Waals surface area contributed by atoms with Crippen LogP contribution < -0.4 is 5.32 Å². The minimum atomic E-state index is -0.201. The summed E-state index contributed by atoms with van der Waals surface area (Å²) in [6.45, 7) is 0.757. The van der Waals surface area contributed by atoms with E-state index >= 15 is 0 Å². The molecule has 1 saturated heterocycles. The lowest BCUT2D eigenvalue weighted by molar-refractivity contribution is -0.0723. The van der Waals surface area contributed by atoms with Gasteiger partial charge in [-0.1, -0.05) is 0 Å². The van der Waals surface area contributed by atoms with Crippen LogP contribution in [0.1, 0.15) is 32.1 Å². The number of carbonyl (C=O) groups is 1. The normalized spacial score (nSPS) is 47.8. The van der Waals surface area contributed by atoms with Crippen LogP contribution in [0, 0.1) is 11.8 Å². The third kappa shape index (κ3) is 0.990. The van der Waals surface area contributed by atoms with Crippen LogP contribution in [0.15, 0.2) is 0 Å². The smallest absolute Gasteiger partial charge is 0.407 e. The zero-order valence-electron chi connectivity index (χ0n) is 7.71. The van der Waals surface area contributed by atoms with Gasteiger partial charge in [-0.25, -0.2) is 4.79 Å². The molecule has 72 valence electrons. The van der Waals surface area contributed by atoms with E-state index in [2.05, 4.69) is 5.32 Å². The van der Waals surface area contributed by atoms with Gasteiger partial charge in [0.15, 0.2) is 0 Å². The van der Waals surface area contributed by atoms with Crippen LogP contribution in [0.5, 0.6) is 0 Å². The molecule has 1 aliphatic heterocycles. The second-order valence-electron chi connectivity index (χ2n) is 4.73. The first-order valence-electron chi connectivity index (χ1n) is 5.25. The Hall–Kier alpha value is -0.730. The van der Waals surface area contributed by atoms with Crippen LogP contribution in [0.3, 0.4) is 0 Å². The van der Waals surface area contributed by atoms with Gasteiger partial charge in [0.05, 0.1) is 6.54 Å². The third-order valence-corrected chi connectivity index (χ3v) is 4.05. The molecule has 0 aromatic heterocycles. The van der Waals surface area contributed by atoms with E-state index in [1.54, 1.807) is 0 Å². The van der Waals surface area contributed by atoms with E-state index in [-0.39, 0.29) is 11.7 Å². The molecule has 4 fully saturated rings. The minimum Gasteiger partial charge on any atom is -0.441 e. The van der Waals surface area contributed by atoms with Crippen molar-refractivity contribution in [2.24, 2.45) is 11.8 Å². The molecule has 4 rings (SSSR count). The Labute approximate surface area is 77.8 Å². The number of rotatable bonds is 0. The molecule has 0 aromatic rings. The Morgan fingerprint density at radius 1 is 1.31 bits per heavy atom. The molecule has 13 heavy (non-hydrogen) atoms. The monoisotopic (exact) mass is 181 g/mol. The van der Waals surface area contributed by atoms with Gasteiger partial charge in [-0.15, -0.1) is 0 Å². The molecular weight excluding hydrogens is 166 g/mol. The number of ether oxygens (including phenoxy) is 1. The average Bonchev–Trinajstić information content (AvgIpc) is 2.49. The molecule has 3 nitrogen and oxygen atoms in total. The zero-order valence-corrected chi connectivity index (χ0v) is 7.71. The molecule has 0 radical (unpaired) electrons. The standard InChI is InChI=1S/C10H15NO2/c12-9-11-6-10(13-9)5-7-1-3-8(10)4-2-7/h7-8H,1-6H2,(H,11,12). The Morgan fingerprint density at radius 3 is 2.54 bits per heavy atom. The van der Waals surface area contributed by atoms with Crippen molar-refractivity contribution in [1.29, 1.82) is 0 Å². The average molecular weight is 181 g/mol. The summed E-state index contributed by atoms with van der Waals surface area (Å²) < 4.78 is 5.47. The van der Waals surface area contributed by atoms with E-state index < -0.39 is 0 Å². The van der Waals surface area contributed by atoms with Crippen molar-refractivity contribution < 1.29 is 9.53 Å². The van der Waals surface area contributed by atoms with Crippen LogP contribution in [0.2, 0.25) is 0 Å². The van der Waals surface area contributed by atoms with Crippen molar-refractivity contribution in [3.8, 4) is 0 Å². The lowest BCUT2D eigenvalue weighted by Gasteiger charge is -2.47. The van der Waals surface area contributed by atoms with Crippen LogP contribution in [0.25, 0.3) is 0 Å². The van der Waals surface area contributed by atoms with Crippen molar-refractivity contribution in [2.45, 2.75) is 37.7 Å². The summed E-state index contributed by atoms with van der Waals surface area (Å²) in [6.07, 6.45) is 6.14. The fourth-order valence-corrected chi connectivity index (χ4v) is 3.37. The first-order valence-corrected chi connectivity index (χ1v) is 5.25. The lowest BCUT2D eigenvalue weighted by Crippen LogP contribution is -2.50. The molecule has 1 amide bonds. The van der Waals surface area contributed by atoms with Gasteiger partial charge < -0.3 is 10.1 Å². The van der Waals surface area contributed by atoms with Gasteiger partial charge in [0.2, 0.25) is 0 Å². The van der Waals surface area contributed by atoms with Crippen molar-refractivity contribution in [2.75, 3.05) is 6.54 Å². The first-order chi connectivity index (χ1) is 6.28. The Bertz CT molecular complexity index is 245. The molecule has 4 aliphatic rings. The van der Waals surface area contributed by atoms with Crippen molar-refractivity contribution in [3.05, 3.63) is 0 Å². The van der Waals surface area contributed by atoms with E-state index in [1.807, 2.05) is 0 Å². The maximum atomic E-state index is 11.1.